The number of nitro benzene ring substituents is 1. The number of nitrogens with zero attached hydrogens (tertiary/aromatic N) is 3. The molecule has 0 aliphatic carbocycles. The van der Waals surface area contributed by atoms with Crippen LogP contribution in [-0.2, 0) is 4.79 Å². The standard InChI is InChI=1S/C26H24N4O4/c1-2-3-9-23(31)29-24(19-7-4-6-18(15-19)17-10-13-27-14-11-17)21-16-22(30(33)34)20-8-5-12-28-25(20)26(21)32/h4-8,10-16,24,32H,2-3,9H2,1H3,(H,29,31). The van der Waals surface area contributed by atoms with Gasteiger partial charge >= 0.3 is 0 Å². The lowest BCUT2D eigenvalue weighted by atomic mass is 9.93. The number of phenolic OH excluding ortho intramolecular Hbond substituents is 1. The van der Waals surface area contributed by atoms with Crippen LogP contribution < -0.4 is 5.32 Å². The Labute approximate surface area is 196 Å². The van der Waals surface area contributed by atoms with Crippen LogP contribution in [0.15, 0.2) is 73.2 Å². The average Bonchev–Trinajstić information content (AvgIpc) is 2.87. The van der Waals surface area contributed by atoms with Gasteiger partial charge in [0.2, 0.25) is 5.91 Å². The quantitative estimate of drug-likeness (QED) is 0.274. The van der Waals surface area contributed by atoms with Crippen molar-refractivity contribution in [3.63, 3.8) is 0 Å². The molecule has 0 spiro atoms. The van der Waals surface area contributed by atoms with Gasteiger partial charge in [-0.05, 0) is 53.4 Å². The van der Waals surface area contributed by atoms with E-state index in [0.29, 0.717) is 18.4 Å². The lowest BCUT2D eigenvalue weighted by molar-refractivity contribution is -0.383. The molecule has 2 heterocycles. The molecule has 0 bridgehead atoms. The molecule has 0 fully saturated rings. The molecule has 0 aliphatic heterocycles. The number of pyridine rings is 2. The molecule has 0 aliphatic rings. The molecule has 0 radical (unpaired) electrons. The minimum atomic E-state index is -0.809. The summed E-state index contributed by atoms with van der Waals surface area (Å²) in [6.07, 6.45) is 6.72. The number of nitro groups is 1. The van der Waals surface area contributed by atoms with Crippen molar-refractivity contribution in [1.29, 1.82) is 0 Å². The SMILES string of the molecule is CCCCC(=O)NC(c1cccc(-c2ccncc2)c1)c1cc([N+](=O)[O-])c2cccnc2c1O. The van der Waals surface area contributed by atoms with E-state index in [9.17, 15) is 20.0 Å². The van der Waals surface area contributed by atoms with Crippen LogP contribution in [-0.4, -0.2) is 25.9 Å². The third-order valence-corrected chi connectivity index (χ3v) is 5.68. The average molecular weight is 457 g/mol. The number of hydrogen-bond acceptors (Lipinski definition) is 6. The zero-order chi connectivity index (χ0) is 24.1. The Balaban J connectivity index is 1.88. The van der Waals surface area contributed by atoms with E-state index < -0.39 is 11.0 Å². The molecule has 1 unspecified atom stereocenters. The van der Waals surface area contributed by atoms with E-state index in [4.69, 9.17) is 0 Å². The Hall–Kier alpha value is -4.33. The van der Waals surface area contributed by atoms with Crippen molar-refractivity contribution in [2.45, 2.75) is 32.2 Å². The molecular weight excluding hydrogens is 432 g/mol. The predicted molar refractivity (Wildman–Crippen MR) is 129 cm³/mol. The molecular formula is C26H24N4O4. The second kappa shape index (κ2) is 10.1. The molecule has 2 aromatic heterocycles. The molecule has 172 valence electrons. The van der Waals surface area contributed by atoms with E-state index >= 15 is 0 Å². The number of fused-ring (bicyclic) bond motifs is 1. The van der Waals surface area contributed by atoms with Gasteiger partial charge in [-0.2, -0.15) is 0 Å². The molecule has 8 heteroatoms. The summed E-state index contributed by atoms with van der Waals surface area (Å²) in [6, 6.07) is 14.9. The first kappa shape index (κ1) is 22.8. The number of amides is 1. The molecule has 2 N–H and O–H groups in total. The number of phenols is 1. The lowest BCUT2D eigenvalue weighted by Gasteiger charge is -2.22. The largest absolute Gasteiger partial charge is 0.505 e. The number of aromatic nitrogens is 2. The van der Waals surface area contributed by atoms with Crippen molar-refractivity contribution in [2.24, 2.45) is 0 Å². The van der Waals surface area contributed by atoms with Gasteiger partial charge in [0, 0.05) is 36.6 Å². The van der Waals surface area contributed by atoms with Crippen LogP contribution in [0.5, 0.6) is 5.75 Å². The molecule has 1 atom stereocenters. The summed E-state index contributed by atoms with van der Waals surface area (Å²) >= 11 is 0. The van der Waals surface area contributed by atoms with E-state index in [1.165, 1.54) is 12.3 Å². The van der Waals surface area contributed by atoms with E-state index in [1.54, 1.807) is 24.5 Å². The minimum Gasteiger partial charge on any atom is -0.505 e. The summed E-state index contributed by atoms with van der Waals surface area (Å²) in [4.78, 5) is 32.3. The van der Waals surface area contributed by atoms with Gasteiger partial charge in [0.05, 0.1) is 16.4 Å². The van der Waals surface area contributed by atoms with Gasteiger partial charge in [0.15, 0.2) is 0 Å². The number of hydrogen-bond donors (Lipinski definition) is 2. The number of unbranched alkanes of at least 4 members (excludes halogenated alkanes) is 1. The molecule has 2 aromatic carbocycles. The van der Waals surface area contributed by atoms with Gasteiger partial charge < -0.3 is 10.4 Å². The molecule has 0 saturated heterocycles. The first-order valence-corrected chi connectivity index (χ1v) is 11.0. The van der Waals surface area contributed by atoms with Crippen molar-refractivity contribution in [3.8, 4) is 16.9 Å². The Morgan fingerprint density at radius 3 is 2.62 bits per heavy atom. The third-order valence-electron chi connectivity index (χ3n) is 5.68. The van der Waals surface area contributed by atoms with Crippen molar-refractivity contribution in [1.82, 2.24) is 15.3 Å². The summed E-state index contributed by atoms with van der Waals surface area (Å²) in [5, 5.41) is 26.2. The highest BCUT2D eigenvalue weighted by Crippen LogP contribution is 2.40. The van der Waals surface area contributed by atoms with Gasteiger partial charge in [0.25, 0.3) is 5.69 Å². The highest BCUT2D eigenvalue weighted by atomic mass is 16.6. The van der Waals surface area contributed by atoms with Crippen LogP contribution in [0.25, 0.3) is 22.0 Å². The van der Waals surface area contributed by atoms with Crippen molar-refractivity contribution < 1.29 is 14.8 Å². The summed E-state index contributed by atoms with van der Waals surface area (Å²) < 4.78 is 0. The second-order valence-corrected chi connectivity index (χ2v) is 7.96. The Morgan fingerprint density at radius 2 is 1.88 bits per heavy atom. The number of carbonyl (C=O) groups excluding carboxylic acids is 1. The Bertz CT molecular complexity index is 1340. The first-order valence-electron chi connectivity index (χ1n) is 11.0. The zero-order valence-electron chi connectivity index (χ0n) is 18.6. The van der Waals surface area contributed by atoms with Gasteiger partial charge in [0.1, 0.15) is 11.3 Å². The van der Waals surface area contributed by atoms with Gasteiger partial charge in [-0.25, -0.2) is 0 Å². The molecule has 4 aromatic rings. The maximum Gasteiger partial charge on any atom is 0.279 e. The number of benzene rings is 2. The summed E-state index contributed by atoms with van der Waals surface area (Å²) in [7, 11) is 0. The van der Waals surface area contributed by atoms with Crippen molar-refractivity contribution in [2.75, 3.05) is 0 Å². The maximum atomic E-state index is 12.8. The first-order chi connectivity index (χ1) is 16.5. The minimum absolute atomic E-state index is 0.116. The highest BCUT2D eigenvalue weighted by molar-refractivity contribution is 5.94. The molecule has 1 amide bonds. The fourth-order valence-electron chi connectivity index (χ4n) is 3.96. The topological polar surface area (TPSA) is 118 Å². The molecule has 4 rings (SSSR count). The molecule has 0 saturated carbocycles. The van der Waals surface area contributed by atoms with Crippen LogP contribution in [0.1, 0.15) is 43.4 Å². The smallest absolute Gasteiger partial charge is 0.279 e. The zero-order valence-corrected chi connectivity index (χ0v) is 18.6. The number of rotatable bonds is 8. The monoisotopic (exact) mass is 456 g/mol. The summed E-state index contributed by atoms with van der Waals surface area (Å²) in [6.45, 7) is 1.99. The van der Waals surface area contributed by atoms with Crippen LogP contribution in [0.3, 0.4) is 0 Å². The lowest BCUT2D eigenvalue weighted by Crippen LogP contribution is -2.29. The van der Waals surface area contributed by atoms with Gasteiger partial charge in [-0.15, -0.1) is 0 Å². The van der Waals surface area contributed by atoms with Gasteiger partial charge in [-0.3, -0.25) is 24.9 Å². The van der Waals surface area contributed by atoms with E-state index in [0.717, 1.165) is 17.5 Å². The summed E-state index contributed by atoms with van der Waals surface area (Å²) in [5.41, 5.74) is 2.65. The molecule has 34 heavy (non-hydrogen) atoms. The van der Waals surface area contributed by atoms with Crippen molar-refractivity contribution >= 4 is 22.5 Å². The predicted octanol–water partition coefficient (Wildman–Crippen LogP) is 5.31. The highest BCUT2D eigenvalue weighted by Gasteiger charge is 2.27. The maximum absolute atomic E-state index is 12.8. The van der Waals surface area contributed by atoms with Crippen LogP contribution in [0.2, 0.25) is 0 Å². The van der Waals surface area contributed by atoms with Crippen LogP contribution >= 0.6 is 0 Å². The van der Waals surface area contributed by atoms with Crippen LogP contribution in [0, 0.1) is 10.1 Å². The fraction of sp³-hybridized carbons (Fsp3) is 0.192. The number of carbonyl (C=O) groups is 1. The third kappa shape index (κ3) is 4.71. The normalized spacial score (nSPS) is 11.8. The van der Waals surface area contributed by atoms with E-state index in [1.807, 2.05) is 43.3 Å². The second-order valence-electron chi connectivity index (χ2n) is 7.96. The molecule has 8 nitrogen and oxygen atoms in total. The Kier molecular flexibility index (Phi) is 6.77. The van der Waals surface area contributed by atoms with Crippen molar-refractivity contribution in [3.05, 3.63) is 94.4 Å². The number of aromatic hydroxyl groups is 1. The van der Waals surface area contributed by atoms with E-state index in [2.05, 4.69) is 15.3 Å². The van der Waals surface area contributed by atoms with Crippen LogP contribution in [0.4, 0.5) is 5.69 Å². The number of nitrogens with one attached hydrogen (secondary N) is 1. The number of non-ortho nitro benzene ring substituents is 1. The Morgan fingerprint density at radius 1 is 1.09 bits per heavy atom. The van der Waals surface area contributed by atoms with Gasteiger partial charge in [-0.1, -0.05) is 31.5 Å². The summed E-state index contributed by atoms with van der Waals surface area (Å²) in [5.74, 6) is -0.402. The van der Waals surface area contributed by atoms with E-state index in [-0.39, 0.29) is 33.8 Å². The fourth-order valence-corrected chi connectivity index (χ4v) is 3.96.